The zero-order valence-corrected chi connectivity index (χ0v) is 12.5. The molecule has 4 heteroatoms. The van der Waals surface area contributed by atoms with Crippen LogP contribution in [-0.2, 0) is 0 Å². The Kier molecular flexibility index (Phi) is 3.52. The van der Waals surface area contributed by atoms with Crippen molar-refractivity contribution in [2.75, 3.05) is 12.4 Å². The van der Waals surface area contributed by atoms with Crippen LogP contribution in [0.2, 0.25) is 0 Å². The average Bonchev–Trinajstić information content (AvgIpc) is 2.88. The highest BCUT2D eigenvalue weighted by Crippen LogP contribution is 2.22. The molecule has 2 aromatic carbocycles. The summed E-state index contributed by atoms with van der Waals surface area (Å²) in [7, 11) is 1.67. The maximum absolute atomic E-state index is 5.18. The topological polar surface area (TPSA) is 49.9 Å². The van der Waals surface area contributed by atoms with Crippen LogP contribution >= 0.6 is 0 Å². The lowest BCUT2D eigenvalue weighted by atomic mass is 10.1. The van der Waals surface area contributed by atoms with Crippen molar-refractivity contribution in [3.8, 4) is 5.75 Å². The molecule has 0 aliphatic rings. The number of fused-ring (bicyclic) bond motifs is 1. The fraction of sp³-hybridized carbons (Fsp3) is 0.235. The Morgan fingerprint density at radius 3 is 2.62 bits per heavy atom. The van der Waals surface area contributed by atoms with Crippen LogP contribution < -0.4 is 10.1 Å². The zero-order chi connectivity index (χ0) is 14.8. The summed E-state index contributed by atoms with van der Waals surface area (Å²) in [5, 5.41) is 3.40. The minimum Gasteiger partial charge on any atom is -0.497 e. The molecule has 0 saturated heterocycles. The lowest BCUT2D eigenvalue weighted by Gasteiger charge is -2.13. The number of rotatable bonds is 4. The van der Waals surface area contributed by atoms with E-state index in [0.717, 1.165) is 22.7 Å². The Bertz CT molecular complexity index is 746. The number of hydrogen-bond acceptors (Lipinski definition) is 3. The molecule has 1 aromatic heterocycles. The van der Waals surface area contributed by atoms with Crippen LogP contribution in [0.4, 0.5) is 5.95 Å². The monoisotopic (exact) mass is 281 g/mol. The minimum absolute atomic E-state index is 0.164. The minimum atomic E-state index is 0.164. The number of methoxy groups -OCH3 is 1. The second-order valence-electron chi connectivity index (χ2n) is 5.25. The van der Waals surface area contributed by atoms with E-state index in [1.807, 2.05) is 18.2 Å². The van der Waals surface area contributed by atoms with E-state index in [2.05, 4.69) is 53.4 Å². The molecule has 1 atom stereocenters. The molecule has 1 unspecified atom stereocenters. The maximum atomic E-state index is 5.18. The van der Waals surface area contributed by atoms with Crippen LogP contribution in [0.5, 0.6) is 5.75 Å². The van der Waals surface area contributed by atoms with Crippen LogP contribution in [0.3, 0.4) is 0 Å². The molecular weight excluding hydrogens is 262 g/mol. The fourth-order valence-corrected chi connectivity index (χ4v) is 2.37. The van der Waals surface area contributed by atoms with E-state index in [4.69, 9.17) is 4.74 Å². The summed E-state index contributed by atoms with van der Waals surface area (Å²) in [5.41, 5.74) is 4.44. The summed E-state index contributed by atoms with van der Waals surface area (Å²) < 4.78 is 5.18. The van der Waals surface area contributed by atoms with E-state index in [0.29, 0.717) is 0 Å². The van der Waals surface area contributed by atoms with Gasteiger partial charge in [-0.25, -0.2) is 4.98 Å². The average molecular weight is 281 g/mol. The molecule has 2 N–H and O–H groups in total. The predicted octanol–water partition coefficient (Wildman–Crippen LogP) is 4.05. The number of benzene rings is 2. The quantitative estimate of drug-likeness (QED) is 0.758. The molecule has 108 valence electrons. The van der Waals surface area contributed by atoms with E-state index < -0.39 is 0 Å². The Hall–Kier alpha value is -2.49. The fourth-order valence-electron chi connectivity index (χ4n) is 2.37. The van der Waals surface area contributed by atoms with Gasteiger partial charge in [-0.3, -0.25) is 0 Å². The van der Waals surface area contributed by atoms with E-state index >= 15 is 0 Å². The summed E-state index contributed by atoms with van der Waals surface area (Å²) in [6.45, 7) is 4.19. The first-order valence-corrected chi connectivity index (χ1v) is 7.02. The molecule has 0 radical (unpaired) electrons. The molecule has 0 bridgehead atoms. The van der Waals surface area contributed by atoms with Crippen LogP contribution in [0.1, 0.15) is 24.1 Å². The first-order chi connectivity index (χ1) is 10.2. The molecule has 0 saturated carbocycles. The maximum Gasteiger partial charge on any atom is 0.201 e. The van der Waals surface area contributed by atoms with Crippen molar-refractivity contribution in [2.24, 2.45) is 0 Å². The van der Waals surface area contributed by atoms with Crippen molar-refractivity contribution in [3.63, 3.8) is 0 Å². The van der Waals surface area contributed by atoms with Gasteiger partial charge in [-0.1, -0.05) is 18.2 Å². The first kappa shape index (κ1) is 13.5. The summed E-state index contributed by atoms with van der Waals surface area (Å²) >= 11 is 0. The van der Waals surface area contributed by atoms with Crippen molar-refractivity contribution in [1.29, 1.82) is 0 Å². The van der Waals surface area contributed by atoms with Gasteiger partial charge >= 0.3 is 0 Å². The number of imidazole rings is 1. The van der Waals surface area contributed by atoms with Crippen LogP contribution in [0.25, 0.3) is 11.0 Å². The van der Waals surface area contributed by atoms with Crippen molar-refractivity contribution < 1.29 is 4.74 Å². The van der Waals surface area contributed by atoms with Crippen LogP contribution in [0.15, 0.2) is 42.5 Å². The van der Waals surface area contributed by atoms with Crippen molar-refractivity contribution in [3.05, 3.63) is 53.6 Å². The summed E-state index contributed by atoms with van der Waals surface area (Å²) in [6, 6.07) is 14.4. The molecule has 0 aliphatic carbocycles. The van der Waals surface area contributed by atoms with Gasteiger partial charge in [0.15, 0.2) is 0 Å². The summed E-state index contributed by atoms with van der Waals surface area (Å²) in [4.78, 5) is 7.87. The molecule has 0 aliphatic heterocycles. The van der Waals surface area contributed by atoms with Crippen molar-refractivity contribution >= 4 is 17.0 Å². The number of nitrogens with one attached hydrogen (secondary N) is 2. The van der Waals surface area contributed by atoms with E-state index in [1.54, 1.807) is 7.11 Å². The van der Waals surface area contributed by atoms with Gasteiger partial charge in [0.25, 0.3) is 0 Å². The molecule has 3 rings (SSSR count). The third kappa shape index (κ3) is 2.84. The van der Waals surface area contributed by atoms with E-state index in [1.165, 1.54) is 11.1 Å². The van der Waals surface area contributed by atoms with Gasteiger partial charge in [0.2, 0.25) is 5.95 Å². The molecule has 21 heavy (non-hydrogen) atoms. The molecule has 4 nitrogen and oxygen atoms in total. The molecule has 0 amide bonds. The second-order valence-corrected chi connectivity index (χ2v) is 5.25. The van der Waals surface area contributed by atoms with E-state index in [9.17, 15) is 0 Å². The molecule has 0 fully saturated rings. The first-order valence-electron chi connectivity index (χ1n) is 7.02. The van der Waals surface area contributed by atoms with Gasteiger partial charge in [-0.2, -0.15) is 0 Å². The number of hydrogen-bond donors (Lipinski definition) is 2. The molecular formula is C17H19N3O. The molecule has 1 heterocycles. The van der Waals surface area contributed by atoms with Crippen molar-refractivity contribution in [2.45, 2.75) is 19.9 Å². The number of H-pyrrole nitrogens is 1. The number of aromatic amines is 1. The zero-order valence-electron chi connectivity index (χ0n) is 12.5. The number of aromatic nitrogens is 2. The number of ether oxygens (including phenoxy) is 1. The predicted molar refractivity (Wildman–Crippen MR) is 85.9 cm³/mol. The Morgan fingerprint density at radius 2 is 1.90 bits per heavy atom. The highest BCUT2D eigenvalue weighted by molar-refractivity contribution is 5.78. The second kappa shape index (κ2) is 5.48. The normalized spacial score (nSPS) is 12.3. The largest absolute Gasteiger partial charge is 0.497 e. The summed E-state index contributed by atoms with van der Waals surface area (Å²) in [6.07, 6.45) is 0. The smallest absolute Gasteiger partial charge is 0.201 e. The number of anilines is 1. The van der Waals surface area contributed by atoms with Gasteiger partial charge in [-0.05, 0) is 49.2 Å². The SMILES string of the molecule is COc1ccc(C(C)Nc2nc3ccc(C)cc3[nH]2)cc1. The molecule has 3 aromatic rings. The van der Waals surface area contributed by atoms with Crippen LogP contribution in [-0.4, -0.2) is 17.1 Å². The van der Waals surface area contributed by atoms with E-state index in [-0.39, 0.29) is 6.04 Å². The Balaban J connectivity index is 1.79. The third-order valence-corrected chi connectivity index (χ3v) is 3.61. The van der Waals surface area contributed by atoms with Crippen molar-refractivity contribution in [1.82, 2.24) is 9.97 Å². The van der Waals surface area contributed by atoms with Crippen LogP contribution in [0, 0.1) is 6.92 Å². The molecule has 0 spiro atoms. The highest BCUT2D eigenvalue weighted by atomic mass is 16.5. The number of aryl methyl sites for hydroxylation is 1. The number of nitrogens with zero attached hydrogens (tertiary/aromatic N) is 1. The lowest BCUT2D eigenvalue weighted by Crippen LogP contribution is -2.07. The lowest BCUT2D eigenvalue weighted by molar-refractivity contribution is 0.414. The van der Waals surface area contributed by atoms with Gasteiger partial charge in [0.1, 0.15) is 5.75 Å². The van der Waals surface area contributed by atoms with Gasteiger partial charge in [0, 0.05) is 0 Å². The van der Waals surface area contributed by atoms with Gasteiger partial charge in [0.05, 0.1) is 24.2 Å². The highest BCUT2D eigenvalue weighted by Gasteiger charge is 2.08. The Morgan fingerprint density at radius 1 is 1.14 bits per heavy atom. The Labute approximate surface area is 124 Å². The third-order valence-electron chi connectivity index (χ3n) is 3.61. The summed E-state index contributed by atoms with van der Waals surface area (Å²) in [5.74, 6) is 1.66. The van der Waals surface area contributed by atoms with Gasteiger partial charge in [-0.15, -0.1) is 0 Å². The van der Waals surface area contributed by atoms with Gasteiger partial charge < -0.3 is 15.0 Å². The standard InChI is InChI=1S/C17H19N3O/c1-11-4-9-15-16(10-11)20-17(19-15)18-12(2)13-5-7-14(21-3)8-6-13/h4-10,12H,1-3H3,(H2,18,19,20).